The van der Waals surface area contributed by atoms with E-state index < -0.39 is 0 Å². The summed E-state index contributed by atoms with van der Waals surface area (Å²) < 4.78 is 0. The van der Waals surface area contributed by atoms with Crippen molar-refractivity contribution in [3.05, 3.63) is 23.8 Å². The zero-order valence-electron chi connectivity index (χ0n) is 11.4. The Kier molecular flexibility index (Phi) is 3.29. The summed E-state index contributed by atoms with van der Waals surface area (Å²) in [5.74, 6) is 1.58. The summed E-state index contributed by atoms with van der Waals surface area (Å²) in [7, 11) is 0. The van der Waals surface area contributed by atoms with E-state index in [1.165, 1.54) is 19.3 Å². The summed E-state index contributed by atoms with van der Waals surface area (Å²) in [4.78, 5) is 12.2. The van der Waals surface area contributed by atoms with E-state index in [0.717, 1.165) is 24.0 Å². The predicted octanol–water partition coefficient (Wildman–Crippen LogP) is 4.29. The number of ketones is 1. The van der Waals surface area contributed by atoms with Crippen molar-refractivity contribution in [3.8, 4) is 0 Å². The first-order chi connectivity index (χ1) is 7.99. The first kappa shape index (κ1) is 12.6. The number of Topliss-reactive ketones (excluding diaryl/α,β-unsaturated/α-hetero) is 1. The molecule has 0 aromatic heterocycles. The lowest BCUT2D eigenvalue weighted by molar-refractivity contribution is -0.119. The second kappa shape index (κ2) is 4.44. The van der Waals surface area contributed by atoms with Gasteiger partial charge < -0.3 is 0 Å². The second-order valence-corrected chi connectivity index (χ2v) is 6.04. The molecule has 0 heterocycles. The zero-order chi connectivity index (χ0) is 12.6. The molecule has 1 nitrogen and oxygen atoms in total. The van der Waals surface area contributed by atoms with Crippen molar-refractivity contribution >= 4 is 5.78 Å². The van der Waals surface area contributed by atoms with Gasteiger partial charge in [-0.3, -0.25) is 4.79 Å². The normalized spacial score (nSPS) is 37.4. The van der Waals surface area contributed by atoms with Crippen molar-refractivity contribution in [2.45, 2.75) is 52.9 Å². The maximum absolute atomic E-state index is 12.2. The molecule has 2 aliphatic carbocycles. The van der Waals surface area contributed by atoms with Gasteiger partial charge in [0.1, 0.15) is 0 Å². The quantitative estimate of drug-likeness (QED) is 0.694. The standard InChI is InChI=1S/C16H24O/c1-5-11(2)14-10-16(4)12(3)7-6-8-13(16)9-15(14)17/h10,12-13H,2,5-9H2,1,3-4H3/t12-,13+,16+/m1/s1. The molecule has 1 fully saturated rings. The van der Waals surface area contributed by atoms with E-state index in [0.29, 0.717) is 17.6 Å². The fraction of sp³-hybridized carbons (Fsp3) is 0.688. The summed E-state index contributed by atoms with van der Waals surface area (Å²) in [5, 5.41) is 0. The second-order valence-electron chi connectivity index (χ2n) is 6.04. The van der Waals surface area contributed by atoms with Crippen LogP contribution in [0, 0.1) is 17.3 Å². The van der Waals surface area contributed by atoms with Gasteiger partial charge in [0.15, 0.2) is 5.78 Å². The molecule has 1 heteroatoms. The van der Waals surface area contributed by atoms with E-state index in [1.807, 2.05) is 0 Å². The molecule has 2 aliphatic rings. The van der Waals surface area contributed by atoms with Crippen molar-refractivity contribution in [1.29, 1.82) is 0 Å². The highest BCUT2D eigenvalue weighted by molar-refractivity contribution is 6.00. The van der Waals surface area contributed by atoms with E-state index in [4.69, 9.17) is 0 Å². The molecule has 0 radical (unpaired) electrons. The average molecular weight is 232 g/mol. The summed E-state index contributed by atoms with van der Waals surface area (Å²) in [6.45, 7) is 10.8. The molecule has 0 N–H and O–H groups in total. The van der Waals surface area contributed by atoms with Gasteiger partial charge in [-0.2, -0.15) is 0 Å². The Labute approximate surface area is 105 Å². The SMILES string of the molecule is C=C(CC)C1=C[C@]2(C)[C@@H](CCC[C@H]2C)CC1=O. The molecule has 1 saturated carbocycles. The molecule has 0 spiro atoms. The fourth-order valence-corrected chi connectivity index (χ4v) is 3.49. The highest BCUT2D eigenvalue weighted by Crippen LogP contribution is 2.51. The third-order valence-corrected chi connectivity index (χ3v) is 5.13. The lowest BCUT2D eigenvalue weighted by Gasteiger charge is -2.47. The number of carbonyl (C=O) groups excluding carboxylic acids is 1. The van der Waals surface area contributed by atoms with Crippen molar-refractivity contribution in [2.75, 3.05) is 0 Å². The highest BCUT2D eigenvalue weighted by Gasteiger charge is 2.44. The first-order valence-corrected chi connectivity index (χ1v) is 6.93. The van der Waals surface area contributed by atoms with Crippen molar-refractivity contribution in [1.82, 2.24) is 0 Å². The summed E-state index contributed by atoms with van der Waals surface area (Å²) in [6, 6.07) is 0. The summed E-state index contributed by atoms with van der Waals surface area (Å²) >= 11 is 0. The van der Waals surface area contributed by atoms with E-state index in [2.05, 4.69) is 33.4 Å². The molecule has 0 amide bonds. The topological polar surface area (TPSA) is 17.1 Å². The zero-order valence-corrected chi connectivity index (χ0v) is 11.4. The number of carbonyl (C=O) groups is 1. The van der Waals surface area contributed by atoms with E-state index in [-0.39, 0.29) is 5.41 Å². The number of hydrogen-bond acceptors (Lipinski definition) is 1. The Hall–Kier alpha value is -0.850. The Bertz CT molecular complexity index is 377. The predicted molar refractivity (Wildman–Crippen MR) is 71.8 cm³/mol. The summed E-state index contributed by atoms with van der Waals surface area (Å²) in [5.41, 5.74) is 2.17. The van der Waals surface area contributed by atoms with Gasteiger partial charge in [-0.25, -0.2) is 0 Å². The third kappa shape index (κ3) is 2.00. The largest absolute Gasteiger partial charge is 0.294 e. The molecular weight excluding hydrogens is 208 g/mol. The molecule has 94 valence electrons. The minimum Gasteiger partial charge on any atom is -0.294 e. The molecule has 0 aromatic rings. The number of hydrogen-bond donors (Lipinski definition) is 0. The molecule has 0 bridgehead atoms. The number of fused-ring (bicyclic) bond motifs is 1. The van der Waals surface area contributed by atoms with Crippen molar-refractivity contribution in [3.63, 3.8) is 0 Å². The van der Waals surface area contributed by atoms with Gasteiger partial charge in [0.05, 0.1) is 0 Å². The molecule has 0 saturated heterocycles. The Morgan fingerprint density at radius 3 is 2.88 bits per heavy atom. The van der Waals surface area contributed by atoms with Crippen LogP contribution < -0.4 is 0 Å². The molecule has 0 aliphatic heterocycles. The van der Waals surface area contributed by atoms with E-state index in [1.54, 1.807) is 0 Å². The minimum absolute atomic E-state index is 0.222. The van der Waals surface area contributed by atoms with Crippen LogP contribution in [0.4, 0.5) is 0 Å². The third-order valence-electron chi connectivity index (χ3n) is 5.13. The molecule has 3 atom stereocenters. The number of allylic oxidation sites excluding steroid dienone is 3. The average Bonchev–Trinajstić information content (AvgIpc) is 2.31. The minimum atomic E-state index is 0.222. The summed E-state index contributed by atoms with van der Waals surface area (Å²) in [6.07, 6.45) is 7.68. The van der Waals surface area contributed by atoms with Gasteiger partial charge in [0, 0.05) is 12.0 Å². The van der Waals surface area contributed by atoms with Gasteiger partial charge >= 0.3 is 0 Å². The lowest BCUT2D eigenvalue weighted by atomic mass is 9.57. The van der Waals surface area contributed by atoms with Crippen molar-refractivity contribution < 1.29 is 4.79 Å². The van der Waals surface area contributed by atoms with Crippen LogP contribution in [0.5, 0.6) is 0 Å². The van der Waals surface area contributed by atoms with Gasteiger partial charge in [-0.1, -0.05) is 39.8 Å². The Morgan fingerprint density at radius 2 is 2.24 bits per heavy atom. The van der Waals surface area contributed by atoms with Crippen LogP contribution in [0.2, 0.25) is 0 Å². The lowest BCUT2D eigenvalue weighted by Crippen LogP contribution is -2.41. The van der Waals surface area contributed by atoms with E-state index >= 15 is 0 Å². The van der Waals surface area contributed by atoms with Gasteiger partial charge in [0.25, 0.3) is 0 Å². The van der Waals surface area contributed by atoms with Gasteiger partial charge in [-0.15, -0.1) is 0 Å². The molecule has 2 rings (SSSR count). The van der Waals surface area contributed by atoms with Gasteiger partial charge in [0.2, 0.25) is 0 Å². The van der Waals surface area contributed by atoms with Crippen LogP contribution >= 0.6 is 0 Å². The van der Waals surface area contributed by atoms with Crippen LogP contribution in [0.1, 0.15) is 52.9 Å². The van der Waals surface area contributed by atoms with Crippen LogP contribution in [0.3, 0.4) is 0 Å². The Balaban J connectivity index is 2.39. The first-order valence-electron chi connectivity index (χ1n) is 6.93. The smallest absolute Gasteiger partial charge is 0.163 e. The maximum Gasteiger partial charge on any atom is 0.163 e. The molecular formula is C16H24O. The van der Waals surface area contributed by atoms with Crippen molar-refractivity contribution in [2.24, 2.45) is 17.3 Å². The molecule has 17 heavy (non-hydrogen) atoms. The van der Waals surface area contributed by atoms with Crippen LogP contribution in [-0.2, 0) is 4.79 Å². The van der Waals surface area contributed by atoms with Gasteiger partial charge in [-0.05, 0) is 42.1 Å². The van der Waals surface area contributed by atoms with Crippen LogP contribution in [0.15, 0.2) is 23.8 Å². The molecule has 0 aromatic carbocycles. The van der Waals surface area contributed by atoms with Crippen LogP contribution in [0.25, 0.3) is 0 Å². The fourth-order valence-electron chi connectivity index (χ4n) is 3.49. The Morgan fingerprint density at radius 1 is 1.53 bits per heavy atom. The molecule has 0 unspecified atom stereocenters. The van der Waals surface area contributed by atoms with Crippen LogP contribution in [-0.4, -0.2) is 5.78 Å². The monoisotopic (exact) mass is 232 g/mol. The van der Waals surface area contributed by atoms with E-state index in [9.17, 15) is 4.79 Å². The maximum atomic E-state index is 12.2. The highest BCUT2D eigenvalue weighted by atomic mass is 16.1. The number of rotatable bonds is 2.